The van der Waals surface area contributed by atoms with Gasteiger partial charge >= 0.3 is 10.1 Å². The Morgan fingerprint density at radius 3 is 2.19 bits per heavy atom. The summed E-state index contributed by atoms with van der Waals surface area (Å²) in [6, 6.07) is 13.7. The second-order valence-electron chi connectivity index (χ2n) is 7.03. The van der Waals surface area contributed by atoms with Crippen LogP contribution in [0.4, 0.5) is 0 Å². The lowest BCUT2D eigenvalue weighted by molar-refractivity contribution is 0.0954. The van der Waals surface area contributed by atoms with Gasteiger partial charge in [0, 0.05) is 10.6 Å². The van der Waals surface area contributed by atoms with E-state index in [2.05, 4.69) is 42.4 Å². The Kier molecular flexibility index (Phi) is 9.77. The number of nitrogens with one attached hydrogen (secondary N) is 1. The van der Waals surface area contributed by atoms with Crippen LogP contribution < -0.4 is 19.1 Å². The molecule has 36 heavy (non-hydrogen) atoms. The Morgan fingerprint density at radius 1 is 0.972 bits per heavy atom. The first-order chi connectivity index (χ1) is 17.1. The predicted octanol–water partition coefficient (Wildman–Crippen LogP) is 6.19. The maximum absolute atomic E-state index is 12.6. The molecule has 0 unspecified atom stereocenters. The fourth-order valence-corrected chi connectivity index (χ4v) is 5.60. The minimum absolute atomic E-state index is 0.0409. The number of ether oxygens (including phenoxy) is 2. The number of hydrogen-bond donors (Lipinski definition) is 1. The van der Waals surface area contributed by atoms with Crippen molar-refractivity contribution >= 4 is 65.7 Å². The summed E-state index contributed by atoms with van der Waals surface area (Å²) in [7, 11) is -4.09. The Balaban J connectivity index is 1.72. The van der Waals surface area contributed by atoms with E-state index in [1.165, 1.54) is 30.5 Å². The van der Waals surface area contributed by atoms with E-state index in [4.69, 9.17) is 25.3 Å². The third-order valence-corrected chi connectivity index (χ3v) is 7.17. The first-order valence-corrected chi connectivity index (χ1v) is 13.9. The van der Waals surface area contributed by atoms with Crippen molar-refractivity contribution in [3.8, 4) is 17.2 Å². The number of hydrazone groups is 1. The molecule has 12 heteroatoms. The summed E-state index contributed by atoms with van der Waals surface area (Å²) >= 11 is 12.5. The average Bonchev–Trinajstić information content (AvgIpc) is 2.83. The molecule has 0 saturated carbocycles. The molecule has 3 rings (SSSR count). The van der Waals surface area contributed by atoms with Gasteiger partial charge in [-0.15, -0.1) is 0 Å². The van der Waals surface area contributed by atoms with Gasteiger partial charge in [-0.25, -0.2) is 5.43 Å². The van der Waals surface area contributed by atoms with Gasteiger partial charge in [0.1, 0.15) is 4.90 Å². The minimum atomic E-state index is -4.09. The summed E-state index contributed by atoms with van der Waals surface area (Å²) in [5.41, 5.74) is 3.36. The highest BCUT2D eigenvalue weighted by molar-refractivity contribution is 9.11. The fraction of sp³-hybridized carbons (Fsp3) is 0.167. The van der Waals surface area contributed by atoms with Crippen molar-refractivity contribution in [3.63, 3.8) is 0 Å². The lowest BCUT2D eigenvalue weighted by atomic mass is 10.2. The van der Waals surface area contributed by atoms with Gasteiger partial charge in [0.05, 0.1) is 28.4 Å². The van der Waals surface area contributed by atoms with E-state index in [0.29, 0.717) is 49.8 Å². The van der Waals surface area contributed by atoms with Gasteiger partial charge in [0.25, 0.3) is 5.91 Å². The fourth-order valence-electron chi connectivity index (χ4n) is 2.92. The molecule has 0 aliphatic heterocycles. The highest BCUT2D eigenvalue weighted by Gasteiger charge is 2.20. The molecule has 0 atom stereocenters. The zero-order valence-electron chi connectivity index (χ0n) is 19.1. The third kappa shape index (κ3) is 7.22. The number of halogens is 3. The quantitative estimate of drug-likeness (QED) is 0.158. The van der Waals surface area contributed by atoms with E-state index in [-0.39, 0.29) is 10.6 Å². The van der Waals surface area contributed by atoms with E-state index in [0.717, 1.165) is 0 Å². The van der Waals surface area contributed by atoms with E-state index in [1.807, 2.05) is 13.8 Å². The third-order valence-electron chi connectivity index (χ3n) is 4.50. The lowest BCUT2D eigenvalue weighted by Gasteiger charge is -2.12. The molecule has 0 aromatic heterocycles. The van der Waals surface area contributed by atoms with Gasteiger partial charge in [-0.1, -0.05) is 11.6 Å². The molecule has 0 aliphatic carbocycles. The summed E-state index contributed by atoms with van der Waals surface area (Å²) in [5, 5.41) is 4.39. The molecule has 190 valence electrons. The molecular weight excluding hydrogens is 640 g/mol. The van der Waals surface area contributed by atoms with Crippen molar-refractivity contribution in [2.75, 3.05) is 13.2 Å². The number of benzene rings is 3. The van der Waals surface area contributed by atoms with Crippen LogP contribution in [0.15, 0.2) is 73.5 Å². The second kappa shape index (κ2) is 12.6. The van der Waals surface area contributed by atoms with Crippen molar-refractivity contribution in [1.29, 1.82) is 0 Å². The SMILES string of the molecule is CCOc1ccc(C(=O)N/N=C/c2cc(Br)c(OS(=O)(=O)c3ccc(Cl)cc3)c(Br)c2)cc1OCC. The Morgan fingerprint density at radius 2 is 1.58 bits per heavy atom. The summed E-state index contributed by atoms with van der Waals surface area (Å²) in [5.74, 6) is 0.633. The van der Waals surface area contributed by atoms with Crippen LogP contribution in [-0.2, 0) is 10.1 Å². The van der Waals surface area contributed by atoms with Crippen molar-refractivity contribution in [2.24, 2.45) is 5.10 Å². The standard InChI is InChI=1S/C24H21Br2ClN2O6S/c1-3-33-21-10-5-16(13-22(21)34-4-2)24(30)29-28-14-15-11-19(25)23(20(26)12-15)35-36(31,32)18-8-6-17(27)7-9-18/h5-14H,3-4H2,1-2H3,(H,29,30)/b28-14+. The van der Waals surface area contributed by atoms with Gasteiger partial charge in [-0.05, 0) is 106 Å². The van der Waals surface area contributed by atoms with Gasteiger partial charge < -0.3 is 13.7 Å². The molecule has 0 heterocycles. The maximum atomic E-state index is 12.6. The number of nitrogens with zero attached hydrogens (tertiary/aromatic N) is 1. The first kappa shape index (κ1) is 28.0. The Hall–Kier alpha value is -2.60. The highest BCUT2D eigenvalue weighted by Crippen LogP contribution is 2.36. The highest BCUT2D eigenvalue weighted by atomic mass is 79.9. The maximum Gasteiger partial charge on any atom is 0.339 e. The summed E-state index contributed by atoms with van der Waals surface area (Å²) in [6.45, 7) is 4.59. The molecule has 0 saturated heterocycles. The van der Waals surface area contributed by atoms with E-state index in [1.54, 1.807) is 30.3 Å². The zero-order valence-corrected chi connectivity index (χ0v) is 23.9. The molecule has 0 bridgehead atoms. The van der Waals surface area contributed by atoms with E-state index < -0.39 is 16.0 Å². The smallest absolute Gasteiger partial charge is 0.339 e. The number of carbonyl (C=O) groups is 1. The number of amides is 1. The van der Waals surface area contributed by atoms with Gasteiger partial charge in [-0.2, -0.15) is 13.5 Å². The van der Waals surface area contributed by atoms with Crippen LogP contribution in [0.2, 0.25) is 5.02 Å². The van der Waals surface area contributed by atoms with Crippen molar-refractivity contribution in [1.82, 2.24) is 5.43 Å². The molecule has 0 spiro atoms. The monoisotopic (exact) mass is 658 g/mol. The summed E-state index contributed by atoms with van der Waals surface area (Å²) in [6.07, 6.45) is 1.41. The Labute approximate surface area is 231 Å². The van der Waals surface area contributed by atoms with Gasteiger partial charge in [0.15, 0.2) is 17.2 Å². The second-order valence-corrected chi connectivity index (χ2v) is 10.7. The molecule has 0 radical (unpaired) electrons. The van der Waals surface area contributed by atoms with Crippen LogP contribution in [0, 0.1) is 0 Å². The topological polar surface area (TPSA) is 103 Å². The molecule has 0 fully saturated rings. The lowest BCUT2D eigenvalue weighted by Crippen LogP contribution is -2.17. The molecule has 1 amide bonds. The minimum Gasteiger partial charge on any atom is -0.490 e. The molecular formula is C24H21Br2ClN2O6S. The molecule has 8 nitrogen and oxygen atoms in total. The van der Waals surface area contributed by atoms with Crippen LogP contribution in [0.5, 0.6) is 17.2 Å². The largest absolute Gasteiger partial charge is 0.490 e. The van der Waals surface area contributed by atoms with Crippen LogP contribution >= 0.6 is 43.5 Å². The summed E-state index contributed by atoms with van der Waals surface area (Å²) < 4.78 is 42.3. The van der Waals surface area contributed by atoms with Gasteiger partial charge in [0.2, 0.25) is 0 Å². The first-order valence-electron chi connectivity index (χ1n) is 10.6. The van der Waals surface area contributed by atoms with Crippen molar-refractivity contribution in [3.05, 3.63) is 79.7 Å². The van der Waals surface area contributed by atoms with Crippen molar-refractivity contribution < 1.29 is 26.9 Å². The van der Waals surface area contributed by atoms with Crippen LogP contribution in [0.1, 0.15) is 29.8 Å². The zero-order chi connectivity index (χ0) is 26.3. The van der Waals surface area contributed by atoms with E-state index in [9.17, 15) is 13.2 Å². The van der Waals surface area contributed by atoms with Crippen molar-refractivity contribution in [2.45, 2.75) is 18.7 Å². The molecule has 3 aromatic carbocycles. The summed E-state index contributed by atoms with van der Waals surface area (Å²) in [4.78, 5) is 12.5. The molecule has 0 aliphatic rings. The van der Waals surface area contributed by atoms with Crippen LogP contribution in [0.3, 0.4) is 0 Å². The number of hydrogen-bond acceptors (Lipinski definition) is 7. The van der Waals surface area contributed by atoms with E-state index >= 15 is 0 Å². The molecule has 1 N–H and O–H groups in total. The predicted molar refractivity (Wildman–Crippen MR) is 145 cm³/mol. The Bertz CT molecular complexity index is 1360. The van der Waals surface area contributed by atoms with Crippen LogP contribution in [-0.4, -0.2) is 33.8 Å². The molecule has 3 aromatic rings. The van der Waals surface area contributed by atoms with Crippen LogP contribution in [0.25, 0.3) is 0 Å². The number of rotatable bonds is 10. The number of carbonyl (C=O) groups excluding carboxylic acids is 1. The van der Waals surface area contributed by atoms with Gasteiger partial charge in [-0.3, -0.25) is 4.79 Å². The normalized spacial score (nSPS) is 11.4. The average molecular weight is 661 g/mol.